The summed E-state index contributed by atoms with van der Waals surface area (Å²) >= 11 is 3.35. The molecule has 1 saturated heterocycles. The van der Waals surface area contributed by atoms with E-state index in [-0.39, 0.29) is 19.8 Å². The lowest BCUT2D eigenvalue weighted by atomic mass is 9.76. The highest BCUT2D eigenvalue weighted by molar-refractivity contribution is 9.10. The van der Waals surface area contributed by atoms with E-state index in [9.17, 15) is 13.2 Å². The molecule has 3 nitrogen and oxygen atoms in total. The average molecular weight is 367 g/mol. The molecule has 2 aliphatic heterocycles. The number of halogens is 4. The molecule has 1 aromatic rings. The van der Waals surface area contributed by atoms with Gasteiger partial charge in [-0.05, 0) is 24.0 Å². The first-order chi connectivity index (χ1) is 9.65. The lowest BCUT2D eigenvalue weighted by Crippen LogP contribution is -2.39. The summed E-state index contributed by atoms with van der Waals surface area (Å²) in [5, 5.41) is 0. The standard InChI is InChI=1S/C14H14BrF3O3/c1-12(2,5-13(6-21-13)14(16,17)18)9-3-8(15)4-10-11(9)20-7-19-10/h3-4H,5-7H2,1-2H3. The molecule has 2 heterocycles. The molecular formula is C14H14BrF3O3. The number of ether oxygens (including phenoxy) is 3. The van der Waals surface area contributed by atoms with Crippen LogP contribution in [0.3, 0.4) is 0 Å². The fourth-order valence-electron chi connectivity index (χ4n) is 2.74. The number of hydrogen-bond donors (Lipinski definition) is 0. The van der Waals surface area contributed by atoms with Gasteiger partial charge in [-0.3, -0.25) is 0 Å². The summed E-state index contributed by atoms with van der Waals surface area (Å²) in [4.78, 5) is 0. The third-order valence-electron chi connectivity index (χ3n) is 3.90. The Labute approximate surface area is 128 Å². The molecule has 1 fully saturated rings. The van der Waals surface area contributed by atoms with E-state index in [0.717, 1.165) is 4.47 Å². The van der Waals surface area contributed by atoms with E-state index in [0.29, 0.717) is 17.1 Å². The Bertz CT molecular complexity index is 580. The van der Waals surface area contributed by atoms with Gasteiger partial charge in [-0.15, -0.1) is 0 Å². The number of alkyl halides is 3. The average Bonchev–Trinajstić information content (AvgIpc) is 2.98. The second kappa shape index (κ2) is 4.52. The zero-order valence-electron chi connectivity index (χ0n) is 11.5. The Morgan fingerprint density at radius 1 is 1.24 bits per heavy atom. The predicted octanol–water partition coefficient (Wildman–Crippen LogP) is 4.18. The highest BCUT2D eigenvalue weighted by Crippen LogP contribution is 2.53. The van der Waals surface area contributed by atoms with Gasteiger partial charge in [0.05, 0.1) is 6.61 Å². The van der Waals surface area contributed by atoms with Crippen LogP contribution < -0.4 is 9.47 Å². The van der Waals surface area contributed by atoms with Gasteiger partial charge in [0.1, 0.15) is 0 Å². The van der Waals surface area contributed by atoms with Crippen molar-refractivity contribution >= 4 is 15.9 Å². The maximum atomic E-state index is 13.1. The van der Waals surface area contributed by atoms with Gasteiger partial charge in [0.2, 0.25) is 6.79 Å². The largest absolute Gasteiger partial charge is 0.454 e. The van der Waals surface area contributed by atoms with Crippen LogP contribution in [0.4, 0.5) is 13.2 Å². The van der Waals surface area contributed by atoms with Crippen LogP contribution in [0, 0.1) is 0 Å². The number of hydrogen-bond acceptors (Lipinski definition) is 3. The van der Waals surface area contributed by atoms with Crippen LogP contribution in [0.1, 0.15) is 25.8 Å². The Kier molecular flexibility index (Phi) is 3.22. The first kappa shape index (κ1) is 15.0. The molecule has 1 atom stereocenters. The van der Waals surface area contributed by atoms with Gasteiger partial charge >= 0.3 is 6.18 Å². The maximum absolute atomic E-state index is 13.1. The van der Waals surface area contributed by atoms with Crippen LogP contribution in [0.15, 0.2) is 16.6 Å². The summed E-state index contributed by atoms with van der Waals surface area (Å²) in [6, 6.07) is 3.52. The summed E-state index contributed by atoms with van der Waals surface area (Å²) in [5.41, 5.74) is -2.12. The van der Waals surface area contributed by atoms with Gasteiger partial charge in [-0.2, -0.15) is 13.2 Å². The van der Waals surface area contributed by atoms with E-state index in [2.05, 4.69) is 15.9 Å². The van der Waals surface area contributed by atoms with Gasteiger partial charge in [0, 0.05) is 10.0 Å². The molecule has 0 N–H and O–H groups in total. The number of fused-ring (bicyclic) bond motifs is 1. The third-order valence-corrected chi connectivity index (χ3v) is 4.36. The summed E-state index contributed by atoms with van der Waals surface area (Å²) < 4.78 is 55.6. The van der Waals surface area contributed by atoms with Crippen molar-refractivity contribution in [3.8, 4) is 11.5 Å². The van der Waals surface area contributed by atoms with E-state index in [1.54, 1.807) is 26.0 Å². The second-order valence-corrected chi connectivity index (χ2v) is 6.94. The lowest BCUT2D eigenvalue weighted by molar-refractivity contribution is -0.188. The Morgan fingerprint density at radius 2 is 1.90 bits per heavy atom. The predicted molar refractivity (Wildman–Crippen MR) is 72.6 cm³/mol. The summed E-state index contributed by atoms with van der Waals surface area (Å²) in [6.07, 6.45) is -4.52. The van der Waals surface area contributed by atoms with Crippen LogP contribution in [0.5, 0.6) is 11.5 Å². The van der Waals surface area contributed by atoms with Crippen molar-refractivity contribution in [3.05, 3.63) is 22.2 Å². The van der Waals surface area contributed by atoms with E-state index < -0.39 is 17.2 Å². The van der Waals surface area contributed by atoms with Gasteiger partial charge in [-0.25, -0.2) is 0 Å². The minimum absolute atomic E-state index is 0.0791. The maximum Gasteiger partial charge on any atom is 0.419 e. The smallest absolute Gasteiger partial charge is 0.419 e. The molecule has 0 amide bonds. The Balaban J connectivity index is 1.96. The van der Waals surface area contributed by atoms with Crippen LogP contribution in [0.2, 0.25) is 0 Å². The Hall–Kier alpha value is -0.950. The fraction of sp³-hybridized carbons (Fsp3) is 0.571. The van der Waals surface area contributed by atoms with Crippen molar-refractivity contribution in [2.24, 2.45) is 0 Å². The van der Waals surface area contributed by atoms with Crippen LogP contribution >= 0.6 is 15.9 Å². The van der Waals surface area contributed by atoms with Crippen molar-refractivity contribution in [1.82, 2.24) is 0 Å². The van der Waals surface area contributed by atoms with Crippen molar-refractivity contribution in [3.63, 3.8) is 0 Å². The lowest BCUT2D eigenvalue weighted by Gasteiger charge is -2.30. The second-order valence-electron chi connectivity index (χ2n) is 6.03. The molecule has 0 bridgehead atoms. The minimum atomic E-state index is -4.36. The Morgan fingerprint density at radius 3 is 2.48 bits per heavy atom. The molecular weight excluding hydrogens is 353 g/mol. The summed E-state index contributed by atoms with van der Waals surface area (Å²) in [7, 11) is 0. The van der Waals surface area contributed by atoms with E-state index in [4.69, 9.17) is 14.2 Å². The molecule has 0 saturated carbocycles. The first-order valence-corrected chi connectivity index (χ1v) is 7.24. The van der Waals surface area contributed by atoms with Gasteiger partial charge in [0.25, 0.3) is 0 Å². The molecule has 0 aliphatic carbocycles. The molecule has 3 rings (SSSR count). The molecule has 0 radical (unpaired) electrons. The quantitative estimate of drug-likeness (QED) is 0.752. The summed E-state index contributed by atoms with van der Waals surface area (Å²) in [5.74, 6) is 1.06. The number of epoxide rings is 1. The van der Waals surface area contributed by atoms with Gasteiger partial charge in [0.15, 0.2) is 17.1 Å². The highest BCUT2D eigenvalue weighted by atomic mass is 79.9. The first-order valence-electron chi connectivity index (χ1n) is 6.45. The molecule has 21 heavy (non-hydrogen) atoms. The third kappa shape index (κ3) is 2.50. The number of rotatable bonds is 3. The van der Waals surface area contributed by atoms with Crippen LogP contribution in [0.25, 0.3) is 0 Å². The molecule has 0 spiro atoms. The van der Waals surface area contributed by atoms with Crippen LogP contribution in [-0.4, -0.2) is 25.2 Å². The highest BCUT2D eigenvalue weighted by Gasteiger charge is 2.67. The van der Waals surface area contributed by atoms with Crippen molar-refractivity contribution in [1.29, 1.82) is 0 Å². The van der Waals surface area contributed by atoms with Gasteiger partial charge < -0.3 is 14.2 Å². The molecule has 2 aliphatic rings. The summed E-state index contributed by atoms with van der Waals surface area (Å²) in [6.45, 7) is 3.31. The van der Waals surface area contributed by atoms with Crippen molar-refractivity contribution in [2.75, 3.05) is 13.4 Å². The zero-order valence-corrected chi connectivity index (χ0v) is 13.1. The molecule has 0 aromatic heterocycles. The van der Waals surface area contributed by atoms with E-state index in [1.165, 1.54) is 0 Å². The van der Waals surface area contributed by atoms with E-state index in [1.807, 2.05) is 0 Å². The fourth-order valence-corrected chi connectivity index (χ4v) is 3.18. The molecule has 1 aromatic carbocycles. The van der Waals surface area contributed by atoms with E-state index >= 15 is 0 Å². The monoisotopic (exact) mass is 366 g/mol. The van der Waals surface area contributed by atoms with Crippen molar-refractivity contribution < 1.29 is 27.4 Å². The molecule has 1 unspecified atom stereocenters. The van der Waals surface area contributed by atoms with Gasteiger partial charge in [-0.1, -0.05) is 29.8 Å². The molecule has 7 heteroatoms. The van der Waals surface area contributed by atoms with Crippen molar-refractivity contribution in [2.45, 2.75) is 37.5 Å². The topological polar surface area (TPSA) is 31.0 Å². The normalized spacial score (nSPS) is 24.3. The minimum Gasteiger partial charge on any atom is -0.454 e. The van der Waals surface area contributed by atoms with Crippen LogP contribution in [-0.2, 0) is 10.2 Å². The zero-order chi connectivity index (χ0) is 15.5. The number of benzene rings is 1. The molecule has 116 valence electrons. The SMILES string of the molecule is CC(C)(CC1(C(F)(F)F)CO1)c1cc(Br)cc2c1OCO2.